The Morgan fingerprint density at radius 3 is 2.32 bits per heavy atom. The van der Waals surface area contributed by atoms with Gasteiger partial charge in [0.25, 0.3) is 0 Å². The van der Waals surface area contributed by atoms with Gasteiger partial charge in [0.05, 0.1) is 19.3 Å². The van der Waals surface area contributed by atoms with E-state index >= 15 is 0 Å². The zero-order chi connectivity index (χ0) is 27.1. The molecular formula is C31H53NO5. The van der Waals surface area contributed by atoms with Gasteiger partial charge in [0.15, 0.2) is 0 Å². The highest BCUT2D eigenvalue weighted by molar-refractivity contribution is 5.84. The van der Waals surface area contributed by atoms with E-state index in [4.69, 9.17) is 4.74 Å². The Hall–Kier alpha value is -1.14. The molecule has 6 nitrogen and oxygen atoms in total. The summed E-state index contributed by atoms with van der Waals surface area (Å²) in [7, 11) is 1.37. The molecule has 4 saturated carbocycles. The number of aliphatic hydroxyl groups excluding tert-OH is 2. The fourth-order valence-corrected chi connectivity index (χ4v) is 9.83. The maximum Gasteiger partial charge on any atom is 0.328 e. The third kappa shape index (κ3) is 5.48. The number of aliphatic hydroxyl groups is 2. The van der Waals surface area contributed by atoms with E-state index in [1.54, 1.807) is 0 Å². The van der Waals surface area contributed by atoms with Gasteiger partial charge in [-0.3, -0.25) is 4.79 Å². The number of methoxy groups -OCH3 is 1. The third-order valence-electron chi connectivity index (χ3n) is 11.8. The zero-order valence-corrected chi connectivity index (χ0v) is 24.2. The Labute approximate surface area is 224 Å². The quantitative estimate of drug-likeness (QED) is 0.388. The molecule has 1 amide bonds. The minimum absolute atomic E-state index is 0.0625. The van der Waals surface area contributed by atoms with Crippen molar-refractivity contribution in [3.63, 3.8) is 0 Å². The minimum Gasteiger partial charge on any atom is -0.467 e. The number of hydrogen-bond donors (Lipinski definition) is 3. The second-order valence-corrected chi connectivity index (χ2v) is 14.2. The first-order valence-corrected chi connectivity index (χ1v) is 15.1. The van der Waals surface area contributed by atoms with Gasteiger partial charge in [-0.25, -0.2) is 4.79 Å². The molecule has 0 heterocycles. The van der Waals surface area contributed by atoms with Gasteiger partial charge >= 0.3 is 5.97 Å². The van der Waals surface area contributed by atoms with Gasteiger partial charge in [-0.2, -0.15) is 0 Å². The Morgan fingerprint density at radius 1 is 0.973 bits per heavy atom. The molecule has 0 bridgehead atoms. The highest BCUT2D eigenvalue weighted by atomic mass is 16.5. The molecule has 0 aromatic carbocycles. The van der Waals surface area contributed by atoms with Crippen molar-refractivity contribution in [3.8, 4) is 0 Å². The number of ether oxygens (including phenoxy) is 1. The molecule has 4 aliphatic rings. The Morgan fingerprint density at radius 2 is 1.65 bits per heavy atom. The van der Waals surface area contributed by atoms with Gasteiger partial charge in [0.2, 0.25) is 5.91 Å². The van der Waals surface area contributed by atoms with Crippen LogP contribution in [0.1, 0.15) is 105 Å². The van der Waals surface area contributed by atoms with Crippen LogP contribution < -0.4 is 5.32 Å². The molecule has 4 fully saturated rings. The SMILES string of the molecule is COC(=O)[C@H](CC(C)C)NC(=O)CC[C@@H](C)[C@H]1CC[C@H]2[C@@H]3[C@H](O)C[C@@H]4C[C@H](O)CC[C@]4(C)[C@H]3CC[C@]12C. The van der Waals surface area contributed by atoms with E-state index in [-0.39, 0.29) is 34.9 Å². The van der Waals surface area contributed by atoms with Crippen LogP contribution in [0.15, 0.2) is 0 Å². The number of nitrogens with one attached hydrogen (secondary N) is 1. The molecule has 0 aromatic heterocycles. The molecule has 3 N–H and O–H groups in total. The number of carbonyl (C=O) groups excluding carboxylic acids is 2. The smallest absolute Gasteiger partial charge is 0.328 e. The van der Waals surface area contributed by atoms with E-state index in [0.717, 1.165) is 32.1 Å². The second kappa shape index (κ2) is 11.2. The van der Waals surface area contributed by atoms with Crippen LogP contribution in [-0.2, 0) is 14.3 Å². The lowest BCUT2D eigenvalue weighted by Crippen LogP contribution is -2.58. The van der Waals surface area contributed by atoms with Crippen LogP contribution in [0.2, 0.25) is 0 Å². The lowest BCUT2D eigenvalue weighted by molar-refractivity contribution is -0.174. The van der Waals surface area contributed by atoms with Gasteiger partial charge in [-0.1, -0.05) is 34.6 Å². The molecule has 4 aliphatic carbocycles. The molecule has 0 aromatic rings. The maximum absolute atomic E-state index is 12.8. The standard InChI is InChI=1S/C31H53NO5/c1-18(2)15-25(29(36)37-6)32-27(35)10-7-19(3)22-8-9-23-28-24(12-14-31(22,23)5)30(4)13-11-21(33)16-20(30)17-26(28)34/h18-26,28,33-34H,7-17H2,1-6H3,(H,32,35)/t19-,20+,21-,22-,23+,24+,25+,26-,28+,30+,31-/m1/s1. The van der Waals surface area contributed by atoms with Crippen molar-refractivity contribution in [1.82, 2.24) is 5.32 Å². The number of amides is 1. The predicted molar refractivity (Wildman–Crippen MR) is 144 cm³/mol. The highest BCUT2D eigenvalue weighted by Crippen LogP contribution is 2.68. The van der Waals surface area contributed by atoms with Crippen LogP contribution in [0.25, 0.3) is 0 Å². The van der Waals surface area contributed by atoms with Crippen molar-refractivity contribution < 1.29 is 24.5 Å². The van der Waals surface area contributed by atoms with Crippen molar-refractivity contribution in [3.05, 3.63) is 0 Å². The number of fused-ring (bicyclic) bond motifs is 5. The molecule has 0 radical (unpaired) electrons. The second-order valence-electron chi connectivity index (χ2n) is 14.2. The molecule has 6 heteroatoms. The molecule has 37 heavy (non-hydrogen) atoms. The summed E-state index contributed by atoms with van der Waals surface area (Å²) in [4.78, 5) is 24.9. The number of esters is 1. The number of carbonyl (C=O) groups is 2. The van der Waals surface area contributed by atoms with Crippen LogP contribution in [0, 0.1) is 52.3 Å². The number of rotatable bonds is 8. The van der Waals surface area contributed by atoms with E-state index < -0.39 is 6.04 Å². The Bertz CT molecular complexity index is 830. The average molecular weight is 520 g/mol. The van der Waals surface area contributed by atoms with Crippen LogP contribution in [0.3, 0.4) is 0 Å². The van der Waals surface area contributed by atoms with Gasteiger partial charge < -0.3 is 20.3 Å². The van der Waals surface area contributed by atoms with E-state index in [2.05, 4.69) is 26.1 Å². The Balaban J connectivity index is 1.39. The molecule has 0 spiro atoms. The monoisotopic (exact) mass is 519 g/mol. The largest absolute Gasteiger partial charge is 0.467 e. The van der Waals surface area contributed by atoms with E-state index in [0.29, 0.717) is 54.3 Å². The summed E-state index contributed by atoms with van der Waals surface area (Å²) in [6.45, 7) is 11.3. The van der Waals surface area contributed by atoms with Gasteiger partial charge in [0, 0.05) is 6.42 Å². The van der Waals surface area contributed by atoms with Crippen molar-refractivity contribution in [2.75, 3.05) is 7.11 Å². The first kappa shape index (κ1) is 28.9. The van der Waals surface area contributed by atoms with Crippen LogP contribution in [-0.4, -0.2) is 47.4 Å². The van der Waals surface area contributed by atoms with Crippen molar-refractivity contribution in [1.29, 1.82) is 0 Å². The van der Waals surface area contributed by atoms with E-state index in [9.17, 15) is 19.8 Å². The molecule has 0 saturated heterocycles. The lowest BCUT2D eigenvalue weighted by atomic mass is 9.43. The average Bonchev–Trinajstić information content (AvgIpc) is 3.19. The Kier molecular flexibility index (Phi) is 8.70. The van der Waals surface area contributed by atoms with Gasteiger partial charge in [0.1, 0.15) is 6.04 Å². The van der Waals surface area contributed by atoms with Crippen molar-refractivity contribution in [2.45, 2.75) is 123 Å². The summed E-state index contributed by atoms with van der Waals surface area (Å²) in [5.41, 5.74) is 0.458. The van der Waals surface area contributed by atoms with Crippen LogP contribution in [0.4, 0.5) is 0 Å². The first-order valence-electron chi connectivity index (χ1n) is 15.1. The predicted octanol–water partition coefficient (Wildman–Crippen LogP) is 5.10. The van der Waals surface area contributed by atoms with Crippen molar-refractivity contribution in [2.24, 2.45) is 52.3 Å². The summed E-state index contributed by atoms with van der Waals surface area (Å²) in [5.74, 6) is 2.76. The summed E-state index contributed by atoms with van der Waals surface area (Å²) >= 11 is 0. The molecule has 212 valence electrons. The summed E-state index contributed by atoms with van der Waals surface area (Å²) in [6, 6.07) is -0.574. The fraction of sp³-hybridized carbons (Fsp3) is 0.935. The summed E-state index contributed by atoms with van der Waals surface area (Å²) in [6.07, 6.45) is 9.82. The minimum atomic E-state index is -0.574. The van der Waals surface area contributed by atoms with Gasteiger partial charge in [-0.05, 0) is 116 Å². The summed E-state index contributed by atoms with van der Waals surface area (Å²) < 4.78 is 4.90. The topological polar surface area (TPSA) is 95.9 Å². The van der Waals surface area contributed by atoms with Gasteiger partial charge in [-0.15, -0.1) is 0 Å². The van der Waals surface area contributed by atoms with E-state index in [1.165, 1.54) is 32.8 Å². The maximum atomic E-state index is 12.8. The molecule has 0 aliphatic heterocycles. The molecule has 0 unspecified atom stereocenters. The third-order valence-corrected chi connectivity index (χ3v) is 11.8. The highest BCUT2D eigenvalue weighted by Gasteiger charge is 2.62. The number of hydrogen-bond acceptors (Lipinski definition) is 5. The molecule has 11 atom stereocenters. The summed E-state index contributed by atoms with van der Waals surface area (Å²) in [5, 5.41) is 24.7. The lowest BCUT2D eigenvalue weighted by Gasteiger charge is -2.62. The normalized spacial score (nSPS) is 42.8. The van der Waals surface area contributed by atoms with Crippen molar-refractivity contribution >= 4 is 11.9 Å². The fourth-order valence-electron chi connectivity index (χ4n) is 9.83. The van der Waals surface area contributed by atoms with Crippen LogP contribution in [0.5, 0.6) is 0 Å². The zero-order valence-electron chi connectivity index (χ0n) is 24.2. The molecule has 4 rings (SSSR count). The first-order chi connectivity index (χ1) is 17.4. The van der Waals surface area contributed by atoms with Crippen LogP contribution >= 0.6 is 0 Å². The molecular weight excluding hydrogens is 466 g/mol. The van der Waals surface area contributed by atoms with E-state index in [1.807, 2.05) is 13.8 Å².